The lowest BCUT2D eigenvalue weighted by atomic mass is 10.2. The maximum atomic E-state index is 10.8. The molecule has 0 radical (unpaired) electrons. The van der Waals surface area contributed by atoms with E-state index in [1.54, 1.807) is 24.3 Å². The molecule has 1 aromatic carbocycles. The Morgan fingerprint density at radius 1 is 1.25 bits per heavy atom. The number of ether oxygens (including phenoxy) is 1. The second kappa shape index (κ2) is 7.40. The molecular formula is C8H11ClMgO2. The van der Waals surface area contributed by atoms with Gasteiger partial charge in [-0.2, -0.15) is 0 Å². The summed E-state index contributed by atoms with van der Waals surface area (Å²) in [5.41, 5.74) is 0.588. The highest BCUT2D eigenvalue weighted by Crippen LogP contribution is 1.98. The summed E-state index contributed by atoms with van der Waals surface area (Å²) in [5, 5.41) is 0. The standard InChI is InChI=1S/C8H8O2.ClH.Mg.2H/c1-10-8(9)7-5-3-2-4-6-7;;;;/h2-6H,1H3;1H;;;. The van der Waals surface area contributed by atoms with Crippen LogP contribution in [0.3, 0.4) is 0 Å². The summed E-state index contributed by atoms with van der Waals surface area (Å²) in [6.45, 7) is 0. The summed E-state index contributed by atoms with van der Waals surface area (Å²) in [6, 6.07) is 8.88. The van der Waals surface area contributed by atoms with E-state index in [1.165, 1.54) is 7.11 Å². The van der Waals surface area contributed by atoms with Crippen molar-refractivity contribution in [3.05, 3.63) is 35.9 Å². The molecule has 0 heterocycles. The van der Waals surface area contributed by atoms with Gasteiger partial charge < -0.3 is 4.74 Å². The van der Waals surface area contributed by atoms with Gasteiger partial charge >= 0.3 is 29.0 Å². The summed E-state index contributed by atoms with van der Waals surface area (Å²) in [7, 11) is 1.37. The first-order valence-electron chi connectivity index (χ1n) is 2.98. The summed E-state index contributed by atoms with van der Waals surface area (Å²) in [4.78, 5) is 10.8. The van der Waals surface area contributed by atoms with E-state index in [-0.39, 0.29) is 41.4 Å². The molecule has 0 atom stereocenters. The van der Waals surface area contributed by atoms with Crippen LogP contribution in [0.4, 0.5) is 0 Å². The predicted octanol–water partition coefficient (Wildman–Crippen LogP) is 0.979. The van der Waals surface area contributed by atoms with Crippen molar-refractivity contribution in [3.8, 4) is 0 Å². The highest BCUT2D eigenvalue weighted by Gasteiger charge is 2.00. The van der Waals surface area contributed by atoms with Crippen molar-refractivity contribution in [2.75, 3.05) is 7.11 Å². The number of carbonyl (C=O) groups excluding carboxylic acids is 1. The Hall–Kier alpha value is -0.254. The molecular weight excluding hydrogens is 188 g/mol. The van der Waals surface area contributed by atoms with Crippen LogP contribution in [0.5, 0.6) is 0 Å². The minimum Gasteiger partial charge on any atom is -0.465 e. The van der Waals surface area contributed by atoms with Gasteiger partial charge in [0.05, 0.1) is 12.7 Å². The molecule has 0 aromatic heterocycles. The molecule has 2 nitrogen and oxygen atoms in total. The van der Waals surface area contributed by atoms with Gasteiger partial charge in [-0.3, -0.25) is 0 Å². The van der Waals surface area contributed by atoms with Gasteiger partial charge in [-0.15, -0.1) is 12.4 Å². The van der Waals surface area contributed by atoms with E-state index in [0.717, 1.165) is 0 Å². The lowest BCUT2D eigenvalue weighted by Gasteiger charge is -1.95. The highest BCUT2D eigenvalue weighted by molar-refractivity contribution is 5.89. The predicted molar refractivity (Wildman–Crippen MR) is 53.6 cm³/mol. The molecule has 0 saturated carbocycles. The summed E-state index contributed by atoms with van der Waals surface area (Å²) in [5.74, 6) is -0.291. The first-order chi connectivity index (χ1) is 4.84. The van der Waals surface area contributed by atoms with Gasteiger partial charge in [0.15, 0.2) is 0 Å². The molecule has 64 valence electrons. The second-order valence-corrected chi connectivity index (χ2v) is 1.86. The summed E-state index contributed by atoms with van der Waals surface area (Å²) < 4.78 is 4.50. The Kier molecular flexibility index (Phi) is 8.80. The van der Waals surface area contributed by atoms with Crippen molar-refractivity contribution in [1.82, 2.24) is 0 Å². The van der Waals surface area contributed by atoms with Crippen molar-refractivity contribution in [2.45, 2.75) is 0 Å². The Bertz CT molecular complexity index is 226. The van der Waals surface area contributed by atoms with E-state index in [0.29, 0.717) is 5.56 Å². The first-order valence-corrected chi connectivity index (χ1v) is 2.98. The Balaban J connectivity index is 0. The molecule has 0 aliphatic rings. The first kappa shape index (κ1) is 14.3. The molecule has 0 aliphatic carbocycles. The molecule has 1 rings (SSSR count). The second-order valence-electron chi connectivity index (χ2n) is 1.86. The van der Waals surface area contributed by atoms with Crippen LogP contribution in [0.1, 0.15) is 10.4 Å². The van der Waals surface area contributed by atoms with E-state index >= 15 is 0 Å². The van der Waals surface area contributed by atoms with Crippen molar-refractivity contribution in [1.29, 1.82) is 0 Å². The topological polar surface area (TPSA) is 26.3 Å². The van der Waals surface area contributed by atoms with Gasteiger partial charge in [0, 0.05) is 0 Å². The van der Waals surface area contributed by atoms with Crippen LogP contribution >= 0.6 is 12.4 Å². The third-order valence-electron chi connectivity index (χ3n) is 1.19. The zero-order valence-corrected chi connectivity index (χ0v) is 6.93. The fourth-order valence-corrected chi connectivity index (χ4v) is 0.692. The minimum absolute atomic E-state index is 0. The van der Waals surface area contributed by atoms with Gasteiger partial charge in [-0.05, 0) is 12.1 Å². The monoisotopic (exact) mass is 198 g/mol. The van der Waals surface area contributed by atoms with E-state index < -0.39 is 0 Å². The molecule has 0 amide bonds. The van der Waals surface area contributed by atoms with Crippen molar-refractivity contribution in [3.63, 3.8) is 0 Å². The number of hydrogen-bond donors (Lipinski definition) is 0. The number of esters is 1. The SMILES string of the molecule is COC(=O)c1ccccc1.Cl.[MgH2]. The lowest BCUT2D eigenvalue weighted by molar-refractivity contribution is 0.0601. The quantitative estimate of drug-likeness (QED) is 0.497. The number of halogens is 1. The van der Waals surface area contributed by atoms with Crippen molar-refractivity contribution in [2.24, 2.45) is 0 Å². The smallest absolute Gasteiger partial charge is 0.337 e. The van der Waals surface area contributed by atoms with Crippen LogP contribution in [-0.4, -0.2) is 36.1 Å². The average molecular weight is 199 g/mol. The minimum atomic E-state index is -0.291. The number of carbonyl (C=O) groups is 1. The summed E-state index contributed by atoms with van der Waals surface area (Å²) in [6.07, 6.45) is 0. The van der Waals surface area contributed by atoms with Gasteiger partial charge in [0.25, 0.3) is 0 Å². The zero-order chi connectivity index (χ0) is 7.40. The van der Waals surface area contributed by atoms with E-state index in [2.05, 4.69) is 4.74 Å². The number of methoxy groups -OCH3 is 1. The molecule has 0 unspecified atom stereocenters. The largest absolute Gasteiger partial charge is 0.465 e. The number of benzene rings is 1. The van der Waals surface area contributed by atoms with E-state index in [4.69, 9.17) is 0 Å². The maximum absolute atomic E-state index is 10.8. The van der Waals surface area contributed by atoms with Crippen LogP contribution in [-0.2, 0) is 4.74 Å². The van der Waals surface area contributed by atoms with E-state index in [9.17, 15) is 4.79 Å². The molecule has 4 heteroatoms. The Labute approximate surface area is 93.9 Å². The molecule has 0 saturated heterocycles. The van der Waals surface area contributed by atoms with E-state index in [1.807, 2.05) is 6.07 Å². The zero-order valence-electron chi connectivity index (χ0n) is 6.11. The van der Waals surface area contributed by atoms with Gasteiger partial charge in [0.2, 0.25) is 0 Å². The summed E-state index contributed by atoms with van der Waals surface area (Å²) >= 11 is 0. The van der Waals surface area contributed by atoms with Gasteiger partial charge in [-0.1, -0.05) is 18.2 Å². The fourth-order valence-electron chi connectivity index (χ4n) is 0.692. The molecule has 0 bridgehead atoms. The van der Waals surface area contributed by atoms with Gasteiger partial charge in [0.1, 0.15) is 0 Å². The van der Waals surface area contributed by atoms with Crippen LogP contribution in [0, 0.1) is 0 Å². The molecule has 0 spiro atoms. The molecule has 0 N–H and O–H groups in total. The normalized spacial score (nSPS) is 7.42. The third kappa shape index (κ3) is 3.95. The van der Waals surface area contributed by atoms with Crippen LogP contribution in [0.15, 0.2) is 30.3 Å². The highest BCUT2D eigenvalue weighted by atomic mass is 35.5. The Morgan fingerprint density at radius 2 is 1.75 bits per heavy atom. The van der Waals surface area contributed by atoms with Crippen LogP contribution in [0.25, 0.3) is 0 Å². The fraction of sp³-hybridized carbons (Fsp3) is 0.125. The van der Waals surface area contributed by atoms with Crippen LogP contribution in [0.2, 0.25) is 0 Å². The number of rotatable bonds is 1. The lowest BCUT2D eigenvalue weighted by Crippen LogP contribution is -1.99. The average Bonchev–Trinajstić information content (AvgIpc) is 2.05. The van der Waals surface area contributed by atoms with Crippen molar-refractivity contribution < 1.29 is 9.53 Å². The molecule has 0 aliphatic heterocycles. The molecule has 0 fully saturated rings. The van der Waals surface area contributed by atoms with Crippen molar-refractivity contribution >= 4 is 41.4 Å². The maximum Gasteiger partial charge on any atom is 0.337 e. The Morgan fingerprint density at radius 3 is 2.17 bits per heavy atom. The number of hydrogen-bond acceptors (Lipinski definition) is 2. The molecule has 1 aromatic rings. The third-order valence-corrected chi connectivity index (χ3v) is 1.19. The van der Waals surface area contributed by atoms with Crippen LogP contribution < -0.4 is 0 Å². The molecule has 12 heavy (non-hydrogen) atoms. The van der Waals surface area contributed by atoms with Gasteiger partial charge in [-0.25, -0.2) is 4.79 Å².